The number of carbonyl (C=O) groups is 2. The van der Waals surface area contributed by atoms with Gasteiger partial charge in [0.2, 0.25) is 5.91 Å². The summed E-state index contributed by atoms with van der Waals surface area (Å²) in [7, 11) is 0. The van der Waals surface area contributed by atoms with E-state index < -0.39 is 49.5 Å². The zero-order valence-electron chi connectivity index (χ0n) is 18.2. The van der Waals surface area contributed by atoms with E-state index in [0.29, 0.717) is 0 Å². The molecule has 33 heavy (non-hydrogen) atoms. The lowest BCUT2D eigenvalue weighted by molar-refractivity contribution is -0.349. The van der Waals surface area contributed by atoms with E-state index in [9.17, 15) is 14.7 Å². The van der Waals surface area contributed by atoms with E-state index in [4.69, 9.17) is 23.7 Å². The number of nitrogens with one attached hydrogen (secondary N) is 1. The summed E-state index contributed by atoms with van der Waals surface area (Å²) in [6.45, 7) is 1.23. The van der Waals surface area contributed by atoms with Gasteiger partial charge >= 0.3 is 5.97 Å². The number of fused-ring (bicyclic) bond motifs is 1. The number of benzene rings is 2. The van der Waals surface area contributed by atoms with Crippen LogP contribution in [0.1, 0.15) is 24.3 Å². The van der Waals surface area contributed by atoms with Crippen molar-refractivity contribution in [2.45, 2.75) is 50.5 Å². The van der Waals surface area contributed by atoms with E-state index in [2.05, 4.69) is 5.32 Å². The second-order valence-corrected chi connectivity index (χ2v) is 7.91. The highest BCUT2D eigenvalue weighted by molar-refractivity contribution is 5.73. The molecule has 2 N–H and O–H groups in total. The number of hydrogen-bond acceptors (Lipinski definition) is 7. The number of amides is 1. The highest BCUT2D eigenvalue weighted by Crippen LogP contribution is 2.35. The van der Waals surface area contributed by atoms with E-state index in [1.165, 1.54) is 6.92 Å². The van der Waals surface area contributed by atoms with Crippen molar-refractivity contribution in [2.75, 3.05) is 13.2 Å². The average Bonchev–Trinajstić information content (AvgIpc) is 2.82. The van der Waals surface area contributed by atoms with E-state index in [1.54, 1.807) is 0 Å². The fourth-order valence-corrected chi connectivity index (χ4v) is 4.00. The quantitative estimate of drug-likeness (QED) is 0.619. The maximum atomic E-state index is 12.0. The zero-order chi connectivity index (χ0) is 23.2. The number of carboxylic acids is 1. The summed E-state index contributed by atoms with van der Waals surface area (Å²) in [5, 5.41) is 12.0. The lowest BCUT2D eigenvalue weighted by Crippen LogP contribution is -2.67. The van der Waals surface area contributed by atoms with Crippen LogP contribution in [0.15, 0.2) is 60.7 Å². The van der Waals surface area contributed by atoms with Crippen molar-refractivity contribution in [1.82, 2.24) is 5.32 Å². The highest BCUT2D eigenvalue weighted by atomic mass is 16.8. The first kappa shape index (κ1) is 23.3. The minimum Gasteiger partial charge on any atom is -0.480 e. The molecule has 0 saturated carbocycles. The Morgan fingerprint density at radius 2 is 1.73 bits per heavy atom. The van der Waals surface area contributed by atoms with Crippen molar-refractivity contribution in [3.63, 3.8) is 0 Å². The molecule has 0 aromatic heterocycles. The van der Waals surface area contributed by atoms with E-state index in [1.807, 2.05) is 60.7 Å². The van der Waals surface area contributed by atoms with Gasteiger partial charge in [0.1, 0.15) is 31.0 Å². The molecule has 9 nitrogen and oxygen atoms in total. The van der Waals surface area contributed by atoms with Gasteiger partial charge in [-0.05, 0) is 5.56 Å². The number of rotatable bonds is 8. The normalized spacial score (nSPS) is 29.1. The molecule has 2 fully saturated rings. The third kappa shape index (κ3) is 5.95. The van der Waals surface area contributed by atoms with Crippen molar-refractivity contribution in [1.29, 1.82) is 0 Å². The monoisotopic (exact) mass is 457 g/mol. The predicted octanol–water partition coefficient (Wildman–Crippen LogP) is 2.02. The number of ether oxygens (including phenoxy) is 5. The Balaban J connectivity index is 1.56. The van der Waals surface area contributed by atoms with Crippen molar-refractivity contribution >= 4 is 11.9 Å². The van der Waals surface area contributed by atoms with Crippen molar-refractivity contribution in [2.24, 2.45) is 0 Å². The molecular formula is C24H27NO8. The molecule has 2 aliphatic rings. The molecule has 1 amide bonds. The van der Waals surface area contributed by atoms with Gasteiger partial charge in [0, 0.05) is 12.5 Å². The summed E-state index contributed by atoms with van der Waals surface area (Å²) in [4.78, 5) is 23.3. The third-order valence-electron chi connectivity index (χ3n) is 5.44. The van der Waals surface area contributed by atoms with Crippen LogP contribution in [-0.4, -0.2) is 60.8 Å². The minimum atomic E-state index is -1.13. The standard InChI is InChI=1S/C24H27NO8/c1-15(26)25-20-22(29-14-19(27)28)21-18(13-31-23(33-21)17-10-6-3-7-11-17)32-24(20)30-12-16-8-4-2-5-9-16/h2-11,18,20-24H,12-14H2,1H3,(H,25,26)(H,27,28)/t18-,20-,21+,22-,23+,24+/m0/s1. The summed E-state index contributed by atoms with van der Waals surface area (Å²) < 4.78 is 29.9. The molecule has 2 heterocycles. The van der Waals surface area contributed by atoms with Crippen LogP contribution in [0.4, 0.5) is 0 Å². The Kier molecular flexibility index (Phi) is 7.69. The fraction of sp³-hybridized carbons (Fsp3) is 0.417. The first-order valence-corrected chi connectivity index (χ1v) is 10.7. The van der Waals surface area contributed by atoms with Gasteiger partial charge in [-0.3, -0.25) is 4.79 Å². The van der Waals surface area contributed by atoms with E-state index in [0.717, 1.165) is 11.1 Å². The van der Waals surface area contributed by atoms with Crippen LogP contribution in [0.3, 0.4) is 0 Å². The van der Waals surface area contributed by atoms with Gasteiger partial charge in [-0.25, -0.2) is 4.79 Å². The third-order valence-corrected chi connectivity index (χ3v) is 5.44. The molecule has 2 aliphatic heterocycles. The molecule has 2 aromatic carbocycles. The highest BCUT2D eigenvalue weighted by Gasteiger charge is 2.51. The molecule has 2 aromatic rings. The maximum absolute atomic E-state index is 12.0. The molecule has 0 aliphatic carbocycles. The molecular weight excluding hydrogens is 430 g/mol. The van der Waals surface area contributed by atoms with Gasteiger partial charge in [-0.2, -0.15) is 0 Å². The molecule has 0 unspecified atom stereocenters. The van der Waals surface area contributed by atoms with Crippen LogP contribution in [0.25, 0.3) is 0 Å². The molecule has 0 radical (unpaired) electrons. The molecule has 0 bridgehead atoms. The zero-order valence-corrected chi connectivity index (χ0v) is 18.2. The van der Waals surface area contributed by atoms with Crippen molar-refractivity contribution in [3.05, 3.63) is 71.8 Å². The van der Waals surface area contributed by atoms with Gasteiger partial charge < -0.3 is 34.1 Å². The average molecular weight is 457 g/mol. The topological polar surface area (TPSA) is 113 Å². The molecule has 4 rings (SSSR count). The van der Waals surface area contributed by atoms with Gasteiger partial charge in [-0.1, -0.05) is 60.7 Å². The summed E-state index contributed by atoms with van der Waals surface area (Å²) >= 11 is 0. The first-order valence-electron chi connectivity index (χ1n) is 10.7. The first-order chi connectivity index (χ1) is 16.0. The minimum absolute atomic E-state index is 0.190. The Hall–Kier alpha value is -2.82. The van der Waals surface area contributed by atoms with Crippen LogP contribution in [0.2, 0.25) is 0 Å². The van der Waals surface area contributed by atoms with Crippen LogP contribution >= 0.6 is 0 Å². The van der Waals surface area contributed by atoms with Gasteiger partial charge in [0.15, 0.2) is 12.6 Å². The van der Waals surface area contributed by atoms with Gasteiger partial charge in [-0.15, -0.1) is 0 Å². The Morgan fingerprint density at radius 1 is 1.03 bits per heavy atom. The van der Waals surface area contributed by atoms with Crippen molar-refractivity contribution in [3.8, 4) is 0 Å². The van der Waals surface area contributed by atoms with Crippen LogP contribution in [0.5, 0.6) is 0 Å². The second kappa shape index (κ2) is 10.9. The summed E-state index contributed by atoms with van der Waals surface area (Å²) in [6.07, 6.45) is -3.66. The Bertz CT molecular complexity index is 925. The lowest BCUT2D eigenvalue weighted by Gasteiger charge is -2.49. The summed E-state index contributed by atoms with van der Waals surface area (Å²) in [6, 6.07) is 18.1. The smallest absolute Gasteiger partial charge is 0.329 e. The molecule has 0 spiro atoms. The Morgan fingerprint density at radius 3 is 2.39 bits per heavy atom. The largest absolute Gasteiger partial charge is 0.480 e. The van der Waals surface area contributed by atoms with E-state index in [-0.39, 0.29) is 19.1 Å². The number of hydrogen-bond donors (Lipinski definition) is 2. The second-order valence-electron chi connectivity index (χ2n) is 7.91. The van der Waals surface area contributed by atoms with Crippen LogP contribution in [0, 0.1) is 0 Å². The molecule has 2 saturated heterocycles. The SMILES string of the molecule is CC(=O)N[C@@H]1[C@H](OCc2ccccc2)O[C@H]2CO[C@@H](c3ccccc3)O[C@H]2[C@H]1OCC(=O)O. The van der Waals surface area contributed by atoms with Crippen LogP contribution < -0.4 is 5.32 Å². The Labute approximate surface area is 191 Å². The van der Waals surface area contributed by atoms with Gasteiger partial charge in [0.05, 0.1) is 13.2 Å². The van der Waals surface area contributed by atoms with Crippen LogP contribution in [-0.2, 0) is 39.9 Å². The number of carbonyl (C=O) groups excluding carboxylic acids is 1. The molecule has 9 heteroatoms. The molecule has 6 atom stereocenters. The predicted molar refractivity (Wildman–Crippen MR) is 115 cm³/mol. The maximum Gasteiger partial charge on any atom is 0.329 e. The van der Waals surface area contributed by atoms with Crippen molar-refractivity contribution < 1.29 is 38.4 Å². The van der Waals surface area contributed by atoms with E-state index >= 15 is 0 Å². The molecule has 176 valence electrons. The summed E-state index contributed by atoms with van der Waals surface area (Å²) in [5.41, 5.74) is 1.74. The fourth-order valence-electron chi connectivity index (χ4n) is 4.00. The lowest BCUT2D eigenvalue weighted by atomic mass is 9.95. The number of aliphatic carboxylic acids is 1. The van der Waals surface area contributed by atoms with Gasteiger partial charge in [0.25, 0.3) is 0 Å². The number of carboxylic acid groups (broad SMARTS) is 1. The summed E-state index contributed by atoms with van der Waals surface area (Å²) in [5.74, 6) is -1.46.